The highest BCUT2D eigenvalue weighted by Gasteiger charge is 2.46. The van der Waals surface area contributed by atoms with Crippen LogP contribution in [-0.4, -0.2) is 48.8 Å². The van der Waals surface area contributed by atoms with E-state index < -0.39 is 6.10 Å². The van der Waals surface area contributed by atoms with E-state index in [0.29, 0.717) is 38.8 Å². The Balaban J connectivity index is 1.15. The number of hydrogen-bond donors (Lipinski definition) is 2. The van der Waals surface area contributed by atoms with E-state index in [1.165, 1.54) is 28.2 Å². The van der Waals surface area contributed by atoms with Gasteiger partial charge in [0.2, 0.25) is 0 Å². The van der Waals surface area contributed by atoms with Crippen molar-refractivity contribution in [3.8, 4) is 0 Å². The first-order valence-electron chi connectivity index (χ1n) is 13.1. The van der Waals surface area contributed by atoms with Crippen molar-refractivity contribution in [2.24, 2.45) is 11.1 Å². The molecule has 202 valence electrons. The van der Waals surface area contributed by atoms with Gasteiger partial charge in [-0.15, -0.1) is 0 Å². The predicted molar refractivity (Wildman–Crippen MR) is 152 cm³/mol. The first-order chi connectivity index (χ1) is 18.8. The van der Waals surface area contributed by atoms with E-state index in [0.717, 1.165) is 43.9 Å². The second kappa shape index (κ2) is 10.5. The standard InChI is InChI=1S/C28H30ClN7O2S/c1-17(37)6-10-36-16-34-19-4-5-21(25(29)24(19)27(36)38)39-23-15-32-22(14-33-23)35-11-7-28(8-12-35)13-20-18(26(28)30)3-2-9-31-20/h2-5,9,14-17,26,37H,6-8,10-13,30H2,1H3/t17?,26-/m1/s1. The van der Waals surface area contributed by atoms with Gasteiger partial charge < -0.3 is 15.7 Å². The molecule has 2 aliphatic rings. The van der Waals surface area contributed by atoms with Crippen LogP contribution in [0.3, 0.4) is 0 Å². The van der Waals surface area contributed by atoms with Gasteiger partial charge >= 0.3 is 0 Å². The van der Waals surface area contributed by atoms with Crippen molar-refractivity contribution in [2.45, 2.75) is 61.2 Å². The number of anilines is 1. The second-order valence-corrected chi connectivity index (χ2v) is 12.0. The van der Waals surface area contributed by atoms with Gasteiger partial charge in [0.25, 0.3) is 5.56 Å². The van der Waals surface area contributed by atoms with Crippen LogP contribution in [0, 0.1) is 5.41 Å². The molecule has 1 spiro atoms. The van der Waals surface area contributed by atoms with E-state index in [1.807, 2.05) is 18.3 Å². The minimum Gasteiger partial charge on any atom is -0.393 e. The molecule has 0 radical (unpaired) electrons. The molecule has 2 atom stereocenters. The summed E-state index contributed by atoms with van der Waals surface area (Å²) in [5, 5.41) is 11.0. The number of nitrogens with two attached hydrogens (primary N) is 1. The maximum atomic E-state index is 13.1. The monoisotopic (exact) mass is 563 g/mol. The molecule has 1 aliphatic carbocycles. The molecule has 6 rings (SSSR count). The zero-order valence-corrected chi connectivity index (χ0v) is 23.2. The molecule has 0 bridgehead atoms. The lowest BCUT2D eigenvalue weighted by Crippen LogP contribution is -2.44. The van der Waals surface area contributed by atoms with E-state index in [9.17, 15) is 9.90 Å². The lowest BCUT2D eigenvalue weighted by molar-refractivity contribution is 0.177. The van der Waals surface area contributed by atoms with Crippen LogP contribution in [0.2, 0.25) is 5.02 Å². The average Bonchev–Trinajstić information content (AvgIpc) is 3.21. The summed E-state index contributed by atoms with van der Waals surface area (Å²) in [5.74, 6) is 0.839. The molecule has 1 unspecified atom stereocenters. The Kier molecular flexibility index (Phi) is 7.05. The number of aryl methyl sites for hydroxylation is 1. The summed E-state index contributed by atoms with van der Waals surface area (Å²) >= 11 is 8.06. The lowest BCUT2D eigenvalue weighted by Gasteiger charge is -2.42. The molecule has 1 fully saturated rings. The summed E-state index contributed by atoms with van der Waals surface area (Å²) in [6.45, 7) is 3.80. The van der Waals surface area contributed by atoms with E-state index in [2.05, 4.69) is 25.9 Å². The van der Waals surface area contributed by atoms with Crippen LogP contribution in [0.15, 0.2) is 63.9 Å². The van der Waals surface area contributed by atoms with Crippen molar-refractivity contribution in [1.82, 2.24) is 24.5 Å². The van der Waals surface area contributed by atoms with E-state index >= 15 is 0 Å². The maximum Gasteiger partial charge on any atom is 0.262 e. The van der Waals surface area contributed by atoms with Gasteiger partial charge in [-0.3, -0.25) is 14.3 Å². The largest absolute Gasteiger partial charge is 0.393 e. The zero-order valence-electron chi connectivity index (χ0n) is 21.6. The Morgan fingerprint density at radius 2 is 2.00 bits per heavy atom. The van der Waals surface area contributed by atoms with Crippen LogP contribution in [0.25, 0.3) is 10.9 Å². The number of benzene rings is 1. The number of fused-ring (bicyclic) bond motifs is 2. The molecule has 1 saturated heterocycles. The highest BCUT2D eigenvalue weighted by Crippen LogP contribution is 2.50. The molecular weight excluding hydrogens is 534 g/mol. The van der Waals surface area contributed by atoms with Crippen molar-refractivity contribution in [3.05, 3.63) is 75.8 Å². The van der Waals surface area contributed by atoms with Crippen molar-refractivity contribution in [2.75, 3.05) is 18.0 Å². The SMILES string of the molecule is CC(O)CCn1cnc2ccc(Sc3cnc(N4CCC5(CC4)Cc4ncccc4[C@H]5N)cn3)c(Cl)c2c1=O. The van der Waals surface area contributed by atoms with Crippen LogP contribution in [0.4, 0.5) is 5.82 Å². The van der Waals surface area contributed by atoms with E-state index in [-0.39, 0.29) is 17.0 Å². The normalized spacial score (nSPS) is 19.0. The fraction of sp³-hybridized carbons (Fsp3) is 0.393. The van der Waals surface area contributed by atoms with E-state index in [4.69, 9.17) is 22.3 Å². The number of pyridine rings is 1. The fourth-order valence-corrected chi connectivity index (χ4v) is 6.83. The molecular formula is C28H30ClN7O2S. The fourth-order valence-electron chi connectivity index (χ4n) is 5.71. The second-order valence-electron chi connectivity index (χ2n) is 10.5. The van der Waals surface area contributed by atoms with Gasteiger partial charge in [0.05, 0.1) is 40.8 Å². The van der Waals surface area contributed by atoms with Crippen LogP contribution in [0.5, 0.6) is 0 Å². The topological polar surface area (TPSA) is 123 Å². The molecule has 11 heteroatoms. The molecule has 4 aromatic rings. The first-order valence-corrected chi connectivity index (χ1v) is 14.3. The quantitative estimate of drug-likeness (QED) is 0.358. The summed E-state index contributed by atoms with van der Waals surface area (Å²) < 4.78 is 1.49. The molecule has 3 aromatic heterocycles. The van der Waals surface area contributed by atoms with Gasteiger partial charge in [-0.05, 0) is 61.8 Å². The summed E-state index contributed by atoms with van der Waals surface area (Å²) in [6, 6.07) is 7.74. The molecule has 9 nitrogen and oxygen atoms in total. The van der Waals surface area contributed by atoms with Gasteiger partial charge in [0.15, 0.2) is 0 Å². The lowest BCUT2D eigenvalue weighted by atomic mass is 9.73. The third kappa shape index (κ3) is 4.91. The Bertz CT molecular complexity index is 1570. The number of aliphatic hydroxyl groups excluding tert-OH is 1. The van der Waals surface area contributed by atoms with Crippen molar-refractivity contribution >= 4 is 40.1 Å². The summed E-state index contributed by atoms with van der Waals surface area (Å²) in [5.41, 5.74) is 9.39. The molecule has 1 aromatic carbocycles. The van der Waals surface area contributed by atoms with Crippen molar-refractivity contribution in [1.29, 1.82) is 0 Å². The molecule has 1 aliphatic heterocycles. The minimum atomic E-state index is -0.507. The maximum absolute atomic E-state index is 13.1. The number of halogens is 1. The number of nitrogens with zero attached hydrogens (tertiary/aromatic N) is 6. The number of aromatic nitrogens is 5. The van der Waals surface area contributed by atoms with Gasteiger partial charge in [0, 0.05) is 42.5 Å². The van der Waals surface area contributed by atoms with Crippen molar-refractivity contribution in [3.63, 3.8) is 0 Å². The summed E-state index contributed by atoms with van der Waals surface area (Å²) in [7, 11) is 0. The first kappa shape index (κ1) is 26.2. The summed E-state index contributed by atoms with van der Waals surface area (Å²) in [6.07, 6.45) is 9.75. The number of aliphatic hydroxyl groups is 1. The Labute approximate surface area is 235 Å². The molecule has 39 heavy (non-hydrogen) atoms. The van der Waals surface area contributed by atoms with Gasteiger partial charge in [-0.25, -0.2) is 15.0 Å². The molecule has 3 N–H and O–H groups in total. The highest BCUT2D eigenvalue weighted by atomic mass is 35.5. The molecule has 0 amide bonds. The number of hydrogen-bond acceptors (Lipinski definition) is 9. The molecule has 4 heterocycles. The number of rotatable bonds is 6. The van der Waals surface area contributed by atoms with Gasteiger partial charge in [-0.1, -0.05) is 29.4 Å². The van der Waals surface area contributed by atoms with Crippen LogP contribution in [0.1, 0.15) is 43.5 Å². The smallest absolute Gasteiger partial charge is 0.262 e. The number of piperidine rings is 1. The van der Waals surface area contributed by atoms with E-state index in [1.54, 1.807) is 25.4 Å². The van der Waals surface area contributed by atoms with Crippen LogP contribution < -0.4 is 16.2 Å². The van der Waals surface area contributed by atoms with Crippen molar-refractivity contribution < 1.29 is 5.11 Å². The highest BCUT2D eigenvalue weighted by molar-refractivity contribution is 7.99. The van der Waals surface area contributed by atoms with Crippen LogP contribution in [-0.2, 0) is 13.0 Å². The van der Waals surface area contributed by atoms with Gasteiger partial charge in [-0.2, -0.15) is 0 Å². The molecule has 0 saturated carbocycles. The van der Waals surface area contributed by atoms with Crippen LogP contribution >= 0.6 is 23.4 Å². The Hall–Kier alpha value is -3.05. The summed E-state index contributed by atoms with van der Waals surface area (Å²) in [4.78, 5) is 34.3. The zero-order chi connectivity index (χ0) is 27.1. The third-order valence-corrected chi connectivity index (χ3v) is 9.52. The Morgan fingerprint density at radius 1 is 1.18 bits per heavy atom. The predicted octanol–water partition coefficient (Wildman–Crippen LogP) is 4.00. The Morgan fingerprint density at radius 3 is 2.72 bits per heavy atom. The minimum absolute atomic E-state index is 0.0254. The van der Waals surface area contributed by atoms with Gasteiger partial charge in [0.1, 0.15) is 10.8 Å². The average molecular weight is 564 g/mol. The third-order valence-electron chi connectivity index (χ3n) is 8.04.